The summed E-state index contributed by atoms with van der Waals surface area (Å²) >= 11 is 0. The monoisotopic (exact) mass is 516 g/mol. The standard InChI is InChI=1S/C32H24N2O5/c35-29-25-13-7-8-14-26(25)30(36)33(29)19-27(23-17-15-22(16-18-23)21-9-3-1-4-10-21)31(37)34-28(20-39-32(34)38)24-11-5-2-6-12-24/h1-18,27-28H,19-20H2/t27-,28+/m1/s1. The highest BCUT2D eigenvalue weighted by molar-refractivity contribution is 6.21. The van der Waals surface area contributed by atoms with Crippen molar-refractivity contribution in [2.45, 2.75) is 12.0 Å². The molecule has 2 aliphatic rings. The molecule has 2 heterocycles. The molecule has 0 unspecified atom stereocenters. The first-order chi connectivity index (χ1) is 19.0. The quantitative estimate of drug-likeness (QED) is 0.318. The molecule has 1 saturated heterocycles. The van der Waals surface area contributed by atoms with Crippen molar-refractivity contribution in [3.8, 4) is 11.1 Å². The number of nitrogens with zero attached hydrogens (tertiary/aromatic N) is 2. The highest BCUT2D eigenvalue weighted by Crippen LogP contribution is 2.34. The van der Waals surface area contributed by atoms with E-state index < -0.39 is 35.8 Å². The molecule has 39 heavy (non-hydrogen) atoms. The molecule has 7 nitrogen and oxygen atoms in total. The van der Waals surface area contributed by atoms with Crippen molar-refractivity contribution in [2.75, 3.05) is 13.2 Å². The Morgan fingerprint density at radius 2 is 1.26 bits per heavy atom. The molecular formula is C32H24N2O5. The van der Waals surface area contributed by atoms with Crippen molar-refractivity contribution in [3.05, 3.63) is 131 Å². The molecule has 7 heteroatoms. The molecular weight excluding hydrogens is 492 g/mol. The lowest BCUT2D eigenvalue weighted by Crippen LogP contribution is -2.43. The molecule has 4 amide bonds. The summed E-state index contributed by atoms with van der Waals surface area (Å²) in [6.45, 7) is -0.178. The SMILES string of the molecule is O=C1c2ccccc2C(=O)N1C[C@@H](C(=O)N1C(=O)OC[C@H]1c1ccccc1)c1ccc(-c2ccccc2)cc1. The van der Waals surface area contributed by atoms with Crippen LogP contribution in [0.4, 0.5) is 4.79 Å². The number of carbonyl (C=O) groups is 4. The lowest BCUT2D eigenvalue weighted by Gasteiger charge is -2.28. The van der Waals surface area contributed by atoms with Gasteiger partial charge >= 0.3 is 6.09 Å². The number of carbonyl (C=O) groups excluding carboxylic acids is 4. The average Bonchev–Trinajstić information content (AvgIpc) is 3.49. The van der Waals surface area contributed by atoms with Crippen molar-refractivity contribution < 1.29 is 23.9 Å². The van der Waals surface area contributed by atoms with Gasteiger partial charge in [-0.3, -0.25) is 19.3 Å². The largest absolute Gasteiger partial charge is 0.446 e. The van der Waals surface area contributed by atoms with E-state index in [2.05, 4.69) is 0 Å². The van der Waals surface area contributed by atoms with E-state index in [-0.39, 0.29) is 13.2 Å². The second-order valence-electron chi connectivity index (χ2n) is 9.52. The first-order valence-corrected chi connectivity index (χ1v) is 12.7. The normalized spacial score (nSPS) is 17.2. The van der Waals surface area contributed by atoms with Gasteiger partial charge in [-0.2, -0.15) is 0 Å². The van der Waals surface area contributed by atoms with Crippen LogP contribution in [-0.2, 0) is 9.53 Å². The molecule has 0 aromatic heterocycles. The van der Waals surface area contributed by atoms with E-state index >= 15 is 0 Å². The van der Waals surface area contributed by atoms with E-state index in [1.165, 1.54) is 0 Å². The first kappa shape index (κ1) is 24.3. The Labute approximate surface area is 225 Å². The molecule has 192 valence electrons. The van der Waals surface area contributed by atoms with Gasteiger partial charge in [-0.05, 0) is 34.4 Å². The van der Waals surface area contributed by atoms with Crippen LogP contribution in [-0.4, -0.2) is 46.8 Å². The maximum Gasteiger partial charge on any atom is 0.417 e. The fourth-order valence-electron chi connectivity index (χ4n) is 5.21. The summed E-state index contributed by atoms with van der Waals surface area (Å²) in [6.07, 6.45) is -0.748. The summed E-state index contributed by atoms with van der Waals surface area (Å²) in [4.78, 5) is 55.6. The number of rotatable bonds is 6. The van der Waals surface area contributed by atoms with Gasteiger partial charge in [0.05, 0.1) is 17.0 Å². The molecule has 4 aromatic rings. The minimum absolute atomic E-state index is 0.0290. The molecule has 0 bridgehead atoms. The number of hydrogen-bond acceptors (Lipinski definition) is 5. The maximum absolute atomic E-state index is 14.1. The predicted molar refractivity (Wildman–Crippen MR) is 144 cm³/mol. The third-order valence-electron chi connectivity index (χ3n) is 7.26. The van der Waals surface area contributed by atoms with Gasteiger partial charge in [-0.25, -0.2) is 9.69 Å². The number of amides is 4. The lowest BCUT2D eigenvalue weighted by atomic mass is 9.93. The zero-order valence-corrected chi connectivity index (χ0v) is 20.9. The van der Waals surface area contributed by atoms with E-state index in [1.54, 1.807) is 24.3 Å². The second kappa shape index (κ2) is 10.0. The molecule has 0 spiro atoms. The Morgan fingerprint density at radius 1 is 0.718 bits per heavy atom. The summed E-state index contributed by atoms with van der Waals surface area (Å²) in [5, 5.41) is 0. The van der Waals surface area contributed by atoms with E-state index in [1.807, 2.05) is 84.9 Å². The van der Waals surface area contributed by atoms with Crippen LogP contribution < -0.4 is 0 Å². The van der Waals surface area contributed by atoms with Gasteiger partial charge in [0.2, 0.25) is 5.91 Å². The van der Waals surface area contributed by atoms with E-state index in [9.17, 15) is 19.2 Å². The number of cyclic esters (lactones) is 1. The molecule has 0 aliphatic carbocycles. The molecule has 0 saturated carbocycles. The highest BCUT2D eigenvalue weighted by Gasteiger charge is 2.45. The van der Waals surface area contributed by atoms with Gasteiger partial charge in [0, 0.05) is 6.54 Å². The van der Waals surface area contributed by atoms with Crippen LogP contribution in [0.2, 0.25) is 0 Å². The Hall–Kier alpha value is -5.04. The number of fused-ring (bicyclic) bond motifs is 1. The van der Waals surface area contributed by atoms with E-state index in [0.717, 1.165) is 26.5 Å². The van der Waals surface area contributed by atoms with Crippen molar-refractivity contribution in [3.63, 3.8) is 0 Å². The van der Waals surface area contributed by atoms with Crippen molar-refractivity contribution in [1.82, 2.24) is 9.80 Å². The number of ether oxygens (including phenoxy) is 1. The van der Waals surface area contributed by atoms with Crippen LogP contribution in [0.25, 0.3) is 11.1 Å². The van der Waals surface area contributed by atoms with Gasteiger partial charge in [-0.1, -0.05) is 97.1 Å². The summed E-state index contributed by atoms with van der Waals surface area (Å²) < 4.78 is 5.30. The highest BCUT2D eigenvalue weighted by atomic mass is 16.6. The molecule has 1 fully saturated rings. The second-order valence-corrected chi connectivity index (χ2v) is 9.52. The van der Waals surface area contributed by atoms with Gasteiger partial charge in [0.15, 0.2) is 0 Å². The molecule has 2 aliphatic heterocycles. The van der Waals surface area contributed by atoms with Crippen LogP contribution in [0.3, 0.4) is 0 Å². The Balaban J connectivity index is 1.37. The Bertz CT molecular complexity index is 1530. The third kappa shape index (κ3) is 4.38. The van der Waals surface area contributed by atoms with Gasteiger partial charge < -0.3 is 4.74 Å². The minimum atomic E-state index is -0.978. The fraction of sp³-hybridized carbons (Fsp3) is 0.125. The Kier molecular flexibility index (Phi) is 6.25. The zero-order chi connectivity index (χ0) is 26.9. The summed E-state index contributed by atoms with van der Waals surface area (Å²) in [7, 11) is 0. The van der Waals surface area contributed by atoms with Gasteiger partial charge in [-0.15, -0.1) is 0 Å². The summed E-state index contributed by atoms with van der Waals surface area (Å²) in [6, 6.07) is 32.4. The third-order valence-corrected chi connectivity index (χ3v) is 7.26. The van der Waals surface area contributed by atoms with Crippen LogP contribution in [0.15, 0.2) is 109 Å². The average molecular weight is 517 g/mol. The van der Waals surface area contributed by atoms with Gasteiger partial charge in [0.1, 0.15) is 12.6 Å². The maximum atomic E-state index is 14.1. The summed E-state index contributed by atoms with van der Waals surface area (Å²) in [5.74, 6) is -2.43. The fourth-order valence-corrected chi connectivity index (χ4v) is 5.21. The zero-order valence-electron chi connectivity index (χ0n) is 20.9. The van der Waals surface area contributed by atoms with Crippen molar-refractivity contribution in [2.24, 2.45) is 0 Å². The Morgan fingerprint density at radius 3 is 1.87 bits per heavy atom. The van der Waals surface area contributed by atoms with Crippen molar-refractivity contribution in [1.29, 1.82) is 0 Å². The smallest absolute Gasteiger partial charge is 0.417 e. The first-order valence-electron chi connectivity index (χ1n) is 12.7. The molecule has 0 radical (unpaired) electrons. The molecule has 2 atom stereocenters. The van der Waals surface area contributed by atoms with Crippen LogP contribution in [0, 0.1) is 0 Å². The van der Waals surface area contributed by atoms with Crippen LogP contribution >= 0.6 is 0 Å². The molecule has 0 N–H and O–H groups in total. The summed E-state index contributed by atoms with van der Waals surface area (Å²) in [5.41, 5.74) is 3.92. The van der Waals surface area contributed by atoms with Crippen LogP contribution in [0.5, 0.6) is 0 Å². The number of hydrogen-bond donors (Lipinski definition) is 0. The number of imide groups is 2. The lowest BCUT2D eigenvalue weighted by molar-refractivity contribution is -0.131. The van der Waals surface area contributed by atoms with Gasteiger partial charge in [0.25, 0.3) is 11.8 Å². The number of benzene rings is 4. The topological polar surface area (TPSA) is 84.0 Å². The molecule has 6 rings (SSSR count). The minimum Gasteiger partial charge on any atom is -0.446 e. The van der Waals surface area contributed by atoms with E-state index in [4.69, 9.17) is 4.74 Å². The molecule has 4 aromatic carbocycles. The van der Waals surface area contributed by atoms with Crippen LogP contribution in [0.1, 0.15) is 43.8 Å². The van der Waals surface area contributed by atoms with E-state index in [0.29, 0.717) is 16.7 Å². The van der Waals surface area contributed by atoms with Crippen molar-refractivity contribution >= 4 is 23.8 Å². The predicted octanol–water partition coefficient (Wildman–Crippen LogP) is 5.45.